The van der Waals surface area contributed by atoms with Gasteiger partial charge in [0, 0.05) is 0 Å². The molecule has 1 aliphatic rings. The first kappa shape index (κ1) is 8.25. The topological polar surface area (TPSA) is 0 Å². The van der Waals surface area contributed by atoms with Gasteiger partial charge in [0.05, 0.1) is 0 Å². The minimum absolute atomic E-state index is 0. The first-order chi connectivity index (χ1) is 3.43. The predicted molar refractivity (Wildman–Crippen MR) is 40.0 cm³/mol. The van der Waals surface area contributed by atoms with Crippen molar-refractivity contribution in [1.29, 1.82) is 0 Å². The van der Waals surface area contributed by atoms with Crippen LogP contribution in [0.25, 0.3) is 0 Å². The summed E-state index contributed by atoms with van der Waals surface area (Å²) < 4.78 is 0. The Morgan fingerprint density at radius 3 is 2.12 bits per heavy atom. The molecule has 8 heavy (non-hydrogen) atoms. The molecule has 42 valence electrons. The van der Waals surface area contributed by atoms with Crippen LogP contribution in [0.3, 0.4) is 0 Å². The van der Waals surface area contributed by atoms with E-state index in [2.05, 4.69) is 31.2 Å². The van der Waals surface area contributed by atoms with E-state index in [-0.39, 0.29) is 25.9 Å². The van der Waals surface area contributed by atoms with Gasteiger partial charge in [-0.2, -0.15) is 0 Å². The van der Waals surface area contributed by atoms with Gasteiger partial charge in [-0.05, 0) is 12.3 Å². The summed E-state index contributed by atoms with van der Waals surface area (Å²) in [6, 6.07) is 0. The van der Waals surface area contributed by atoms with Crippen LogP contribution in [0, 0.1) is 5.92 Å². The summed E-state index contributed by atoms with van der Waals surface area (Å²) in [7, 11) is 0. The van der Waals surface area contributed by atoms with Crippen LogP contribution in [-0.4, -0.2) is 23.1 Å². The first-order valence-electron chi connectivity index (χ1n) is 2.78. The van der Waals surface area contributed by atoms with Gasteiger partial charge in [-0.15, -0.1) is 0 Å². The van der Waals surface area contributed by atoms with Crippen molar-refractivity contribution in [2.45, 2.75) is 13.3 Å². The standard InChI is InChI=1S/C7H10.Mg.2H/c1-2-7-5-3-4-6-7;;;/h3-7H,2H2,1H3;;;/q;+2;2*-1. The Labute approximate surface area is 69.8 Å². The SMILES string of the molecule is CCC1C=CC=C1.[H-].[H-].[Mg+2]. The van der Waals surface area contributed by atoms with Crippen LogP contribution >= 0.6 is 0 Å². The van der Waals surface area contributed by atoms with E-state index in [1.165, 1.54) is 6.42 Å². The van der Waals surface area contributed by atoms with Crippen LogP contribution < -0.4 is 0 Å². The van der Waals surface area contributed by atoms with Gasteiger partial charge in [0.1, 0.15) is 0 Å². The molecule has 0 radical (unpaired) electrons. The molecule has 0 aromatic carbocycles. The van der Waals surface area contributed by atoms with Crippen molar-refractivity contribution >= 4 is 23.1 Å². The maximum Gasteiger partial charge on any atom is 2.00 e. The molecule has 0 spiro atoms. The maximum atomic E-state index is 2.22. The molecule has 0 atom stereocenters. The zero-order chi connectivity index (χ0) is 5.11. The van der Waals surface area contributed by atoms with Gasteiger partial charge in [-0.3, -0.25) is 0 Å². The minimum atomic E-state index is 0. The molecule has 1 aliphatic carbocycles. The van der Waals surface area contributed by atoms with Crippen molar-refractivity contribution in [2.75, 3.05) is 0 Å². The number of rotatable bonds is 1. The Bertz CT molecular complexity index is 98.2. The molecule has 1 rings (SSSR count). The van der Waals surface area contributed by atoms with E-state index in [9.17, 15) is 0 Å². The molecule has 0 unspecified atom stereocenters. The van der Waals surface area contributed by atoms with E-state index >= 15 is 0 Å². The second-order valence-corrected chi connectivity index (χ2v) is 1.84. The minimum Gasteiger partial charge on any atom is -1.00 e. The van der Waals surface area contributed by atoms with Gasteiger partial charge >= 0.3 is 23.1 Å². The zero-order valence-corrected chi connectivity index (χ0v) is 6.72. The van der Waals surface area contributed by atoms with Gasteiger partial charge in [0.25, 0.3) is 0 Å². The van der Waals surface area contributed by atoms with Crippen molar-refractivity contribution < 1.29 is 2.85 Å². The van der Waals surface area contributed by atoms with Crippen LogP contribution in [0.2, 0.25) is 0 Å². The van der Waals surface area contributed by atoms with Crippen molar-refractivity contribution in [2.24, 2.45) is 5.92 Å². The van der Waals surface area contributed by atoms with Crippen molar-refractivity contribution in [3.05, 3.63) is 24.3 Å². The van der Waals surface area contributed by atoms with E-state index in [0.717, 1.165) is 5.92 Å². The van der Waals surface area contributed by atoms with Crippen LogP contribution in [0.1, 0.15) is 16.2 Å². The molecule has 0 N–H and O–H groups in total. The van der Waals surface area contributed by atoms with E-state index < -0.39 is 0 Å². The number of allylic oxidation sites excluding steroid dienone is 4. The first-order valence-corrected chi connectivity index (χ1v) is 2.78. The van der Waals surface area contributed by atoms with E-state index in [1.54, 1.807) is 0 Å². The van der Waals surface area contributed by atoms with E-state index in [1.807, 2.05) is 0 Å². The zero-order valence-electron chi connectivity index (χ0n) is 7.30. The Hall–Kier alpha value is 0.246. The molecule has 0 nitrogen and oxygen atoms in total. The monoisotopic (exact) mass is 120 g/mol. The van der Waals surface area contributed by atoms with E-state index in [0.29, 0.717) is 0 Å². The molecule has 0 aromatic heterocycles. The molecule has 0 bridgehead atoms. The molecular formula is C7H12Mg. The largest absolute Gasteiger partial charge is 2.00 e. The van der Waals surface area contributed by atoms with Gasteiger partial charge in [0.2, 0.25) is 0 Å². The quantitative estimate of drug-likeness (QED) is 0.464. The molecular weight excluding hydrogens is 108 g/mol. The van der Waals surface area contributed by atoms with E-state index in [4.69, 9.17) is 0 Å². The summed E-state index contributed by atoms with van der Waals surface area (Å²) in [5.74, 6) is 0.736. The average Bonchev–Trinajstić information content (AvgIpc) is 2.14. The molecule has 0 saturated carbocycles. The van der Waals surface area contributed by atoms with Gasteiger partial charge < -0.3 is 2.85 Å². The number of hydrogen-bond donors (Lipinski definition) is 0. The van der Waals surface area contributed by atoms with Crippen LogP contribution in [0.15, 0.2) is 24.3 Å². The molecule has 0 aliphatic heterocycles. The fourth-order valence-electron chi connectivity index (χ4n) is 0.750. The summed E-state index contributed by atoms with van der Waals surface area (Å²) in [6.45, 7) is 2.20. The molecule has 0 aromatic rings. The van der Waals surface area contributed by atoms with Crippen LogP contribution in [-0.2, 0) is 0 Å². The smallest absolute Gasteiger partial charge is 1.00 e. The Kier molecular flexibility index (Phi) is 4.29. The van der Waals surface area contributed by atoms with Crippen LogP contribution in [0.4, 0.5) is 0 Å². The Balaban J connectivity index is -0.000000163. The normalized spacial score (nSPS) is 16.6. The third kappa shape index (κ3) is 2.01. The van der Waals surface area contributed by atoms with Crippen molar-refractivity contribution in [3.63, 3.8) is 0 Å². The Morgan fingerprint density at radius 2 is 1.88 bits per heavy atom. The van der Waals surface area contributed by atoms with Crippen molar-refractivity contribution in [3.8, 4) is 0 Å². The summed E-state index contributed by atoms with van der Waals surface area (Å²) in [4.78, 5) is 0. The molecule has 1 heteroatoms. The molecule has 0 saturated heterocycles. The Morgan fingerprint density at radius 1 is 1.38 bits per heavy atom. The fraction of sp³-hybridized carbons (Fsp3) is 0.429. The average molecular weight is 120 g/mol. The second kappa shape index (κ2) is 4.16. The fourth-order valence-corrected chi connectivity index (χ4v) is 0.750. The van der Waals surface area contributed by atoms with Gasteiger partial charge in [-0.1, -0.05) is 31.2 Å². The molecule has 0 amide bonds. The third-order valence-corrected chi connectivity index (χ3v) is 1.30. The van der Waals surface area contributed by atoms with Crippen molar-refractivity contribution in [1.82, 2.24) is 0 Å². The predicted octanol–water partition coefficient (Wildman–Crippen LogP) is 1.98. The van der Waals surface area contributed by atoms with Gasteiger partial charge in [-0.25, -0.2) is 0 Å². The summed E-state index contributed by atoms with van der Waals surface area (Å²) in [5, 5.41) is 0. The summed E-state index contributed by atoms with van der Waals surface area (Å²) >= 11 is 0. The summed E-state index contributed by atoms with van der Waals surface area (Å²) in [6.07, 6.45) is 9.90. The second-order valence-electron chi connectivity index (χ2n) is 1.84. The molecule has 0 heterocycles. The maximum absolute atomic E-state index is 2.22. The van der Waals surface area contributed by atoms with Crippen LogP contribution in [0.5, 0.6) is 0 Å². The third-order valence-electron chi connectivity index (χ3n) is 1.30. The summed E-state index contributed by atoms with van der Waals surface area (Å²) in [5.41, 5.74) is 0. The molecule has 0 fully saturated rings. The number of hydrogen-bond acceptors (Lipinski definition) is 0. The van der Waals surface area contributed by atoms with Gasteiger partial charge in [0.15, 0.2) is 0 Å².